The summed E-state index contributed by atoms with van der Waals surface area (Å²) in [5.74, 6) is 0. The first kappa shape index (κ1) is 8.84. The molecule has 0 bridgehead atoms. The van der Waals surface area contributed by atoms with Crippen LogP contribution in [0.15, 0.2) is 0 Å². The largest absolute Gasteiger partial charge is 0.395 e. The van der Waals surface area contributed by atoms with Gasteiger partial charge >= 0.3 is 0 Å². The number of aliphatic hydroxyl groups is 3. The molecule has 0 aliphatic rings. The highest BCUT2D eigenvalue weighted by molar-refractivity contribution is 4.46. The smallest absolute Gasteiger partial charge is 0.152 e. The second-order valence-electron chi connectivity index (χ2n) is 1.74. The van der Waals surface area contributed by atoms with E-state index in [4.69, 9.17) is 15.3 Å². The molecule has 0 aliphatic carbocycles. The van der Waals surface area contributed by atoms with Crippen LogP contribution in [0.4, 0.5) is 0 Å². The maximum absolute atomic E-state index is 8.30. The third kappa shape index (κ3) is 7.84. The standard InChI is InChI=1S/C5H13NO3/c7-4-3-6-2-1-5(8)9/h5-9H,1-4H2. The van der Waals surface area contributed by atoms with E-state index in [1.807, 2.05) is 0 Å². The maximum Gasteiger partial charge on any atom is 0.152 e. The van der Waals surface area contributed by atoms with Gasteiger partial charge in [0.25, 0.3) is 0 Å². The van der Waals surface area contributed by atoms with Gasteiger partial charge in [-0.05, 0) is 0 Å². The molecular formula is C5H13NO3. The van der Waals surface area contributed by atoms with Crippen molar-refractivity contribution < 1.29 is 15.3 Å². The molecule has 0 saturated heterocycles. The number of hydrogen-bond donors (Lipinski definition) is 4. The Bertz CT molecular complexity index is 58.2. The van der Waals surface area contributed by atoms with Crippen molar-refractivity contribution in [1.82, 2.24) is 5.32 Å². The van der Waals surface area contributed by atoms with Crippen molar-refractivity contribution in [3.05, 3.63) is 0 Å². The molecule has 0 aromatic carbocycles. The lowest BCUT2D eigenvalue weighted by atomic mass is 10.4. The van der Waals surface area contributed by atoms with Crippen LogP contribution in [0.1, 0.15) is 6.42 Å². The Kier molecular flexibility index (Phi) is 5.86. The maximum atomic E-state index is 8.30. The molecule has 0 aromatic heterocycles. The van der Waals surface area contributed by atoms with Gasteiger partial charge in [-0.3, -0.25) is 0 Å². The summed E-state index contributed by atoms with van der Waals surface area (Å²) in [7, 11) is 0. The van der Waals surface area contributed by atoms with Crippen LogP contribution in [-0.2, 0) is 0 Å². The van der Waals surface area contributed by atoms with Crippen molar-refractivity contribution >= 4 is 0 Å². The van der Waals surface area contributed by atoms with Gasteiger partial charge in [-0.2, -0.15) is 0 Å². The van der Waals surface area contributed by atoms with Crippen LogP contribution in [0.3, 0.4) is 0 Å². The first-order chi connectivity index (χ1) is 4.27. The summed E-state index contributed by atoms with van der Waals surface area (Å²) in [6.45, 7) is 1.12. The van der Waals surface area contributed by atoms with Crippen molar-refractivity contribution in [1.29, 1.82) is 0 Å². The molecule has 0 radical (unpaired) electrons. The Labute approximate surface area is 54.1 Å². The molecule has 4 nitrogen and oxygen atoms in total. The van der Waals surface area contributed by atoms with Crippen molar-refractivity contribution in [2.45, 2.75) is 12.7 Å². The Morgan fingerprint density at radius 2 is 1.89 bits per heavy atom. The number of nitrogens with one attached hydrogen (secondary N) is 1. The molecule has 0 heterocycles. The molecule has 9 heavy (non-hydrogen) atoms. The molecule has 0 rings (SSSR count). The van der Waals surface area contributed by atoms with Gasteiger partial charge in [0.05, 0.1) is 6.61 Å². The summed E-state index contributed by atoms with van der Waals surface area (Å²) in [5, 5.41) is 27.6. The Morgan fingerprint density at radius 1 is 1.22 bits per heavy atom. The topological polar surface area (TPSA) is 72.7 Å². The van der Waals surface area contributed by atoms with Gasteiger partial charge in [-0.25, -0.2) is 0 Å². The van der Waals surface area contributed by atoms with E-state index in [1.165, 1.54) is 0 Å². The van der Waals surface area contributed by atoms with Gasteiger partial charge in [0.2, 0.25) is 0 Å². The third-order valence-electron chi connectivity index (χ3n) is 0.868. The minimum absolute atomic E-state index is 0.0848. The van der Waals surface area contributed by atoms with Crippen LogP contribution in [0.25, 0.3) is 0 Å². The zero-order chi connectivity index (χ0) is 7.11. The zero-order valence-corrected chi connectivity index (χ0v) is 5.25. The molecule has 4 N–H and O–H groups in total. The number of aliphatic hydroxyl groups excluding tert-OH is 2. The first-order valence-electron chi connectivity index (χ1n) is 2.95. The summed E-state index contributed by atoms with van der Waals surface area (Å²) < 4.78 is 0. The summed E-state index contributed by atoms with van der Waals surface area (Å²) in [4.78, 5) is 0. The molecule has 0 aromatic rings. The minimum Gasteiger partial charge on any atom is -0.395 e. The highest BCUT2D eigenvalue weighted by Crippen LogP contribution is 1.80. The Hall–Kier alpha value is -0.160. The van der Waals surface area contributed by atoms with E-state index in [0.717, 1.165) is 0 Å². The van der Waals surface area contributed by atoms with Gasteiger partial charge < -0.3 is 20.6 Å². The number of rotatable bonds is 5. The van der Waals surface area contributed by atoms with Crippen molar-refractivity contribution in [2.24, 2.45) is 0 Å². The van der Waals surface area contributed by atoms with Gasteiger partial charge in [0.15, 0.2) is 6.29 Å². The zero-order valence-electron chi connectivity index (χ0n) is 5.25. The van der Waals surface area contributed by atoms with Crippen LogP contribution >= 0.6 is 0 Å². The first-order valence-corrected chi connectivity index (χ1v) is 2.95. The van der Waals surface area contributed by atoms with Crippen molar-refractivity contribution in [3.63, 3.8) is 0 Å². The predicted molar refractivity (Wildman–Crippen MR) is 32.8 cm³/mol. The second-order valence-corrected chi connectivity index (χ2v) is 1.74. The van der Waals surface area contributed by atoms with Crippen LogP contribution in [0.2, 0.25) is 0 Å². The molecular weight excluding hydrogens is 122 g/mol. The molecule has 0 aliphatic heterocycles. The fraction of sp³-hybridized carbons (Fsp3) is 1.00. The summed E-state index contributed by atoms with van der Waals surface area (Å²) >= 11 is 0. The lowest BCUT2D eigenvalue weighted by molar-refractivity contribution is -0.0444. The van der Waals surface area contributed by atoms with Crippen molar-refractivity contribution in [2.75, 3.05) is 19.7 Å². The molecule has 0 atom stereocenters. The molecule has 0 unspecified atom stereocenters. The molecule has 0 spiro atoms. The monoisotopic (exact) mass is 135 g/mol. The van der Waals surface area contributed by atoms with E-state index >= 15 is 0 Å². The second kappa shape index (κ2) is 5.97. The summed E-state index contributed by atoms with van der Waals surface area (Å²) in [6, 6.07) is 0. The Morgan fingerprint density at radius 3 is 2.33 bits per heavy atom. The lowest BCUT2D eigenvalue weighted by Gasteiger charge is -2.02. The Balaban J connectivity index is 2.75. The average Bonchev–Trinajstić information content (AvgIpc) is 1.80. The molecule has 0 saturated carbocycles. The highest BCUT2D eigenvalue weighted by Gasteiger charge is 1.93. The normalized spacial score (nSPS) is 10.7. The van der Waals surface area contributed by atoms with Gasteiger partial charge in [-0.15, -0.1) is 0 Å². The molecule has 4 heteroatoms. The molecule has 0 amide bonds. The van der Waals surface area contributed by atoms with E-state index in [2.05, 4.69) is 5.32 Å². The van der Waals surface area contributed by atoms with Crippen LogP contribution in [-0.4, -0.2) is 41.3 Å². The predicted octanol–water partition coefficient (Wildman–Crippen LogP) is -1.73. The van der Waals surface area contributed by atoms with Crippen LogP contribution in [0, 0.1) is 0 Å². The fourth-order valence-electron chi connectivity index (χ4n) is 0.435. The quantitative estimate of drug-likeness (QED) is 0.267. The van der Waals surface area contributed by atoms with Gasteiger partial charge in [-0.1, -0.05) is 0 Å². The molecule has 0 fully saturated rings. The fourth-order valence-corrected chi connectivity index (χ4v) is 0.435. The van der Waals surface area contributed by atoms with Crippen molar-refractivity contribution in [3.8, 4) is 0 Å². The van der Waals surface area contributed by atoms with Gasteiger partial charge in [0.1, 0.15) is 0 Å². The van der Waals surface area contributed by atoms with E-state index < -0.39 is 6.29 Å². The summed E-state index contributed by atoms with van der Waals surface area (Å²) in [5.41, 5.74) is 0. The van der Waals surface area contributed by atoms with E-state index in [1.54, 1.807) is 0 Å². The highest BCUT2D eigenvalue weighted by atomic mass is 16.5. The van der Waals surface area contributed by atoms with Gasteiger partial charge in [0, 0.05) is 19.5 Å². The average molecular weight is 135 g/mol. The minimum atomic E-state index is -1.24. The van der Waals surface area contributed by atoms with Crippen LogP contribution < -0.4 is 5.32 Å². The lowest BCUT2D eigenvalue weighted by Crippen LogP contribution is -2.22. The molecule has 56 valence electrons. The third-order valence-corrected chi connectivity index (χ3v) is 0.868. The SMILES string of the molecule is OCCNCCC(O)O. The van der Waals surface area contributed by atoms with E-state index in [0.29, 0.717) is 19.5 Å². The summed E-state index contributed by atoms with van der Waals surface area (Å²) in [6.07, 6.45) is -0.934. The van der Waals surface area contributed by atoms with E-state index in [9.17, 15) is 0 Å². The van der Waals surface area contributed by atoms with Crippen LogP contribution in [0.5, 0.6) is 0 Å². The van der Waals surface area contributed by atoms with E-state index in [-0.39, 0.29) is 6.61 Å². The number of hydrogen-bond acceptors (Lipinski definition) is 4.